The molecule has 0 aromatic heterocycles. The molecule has 0 spiro atoms. The SMILES string of the molecule is Nc1cc(C(=O)O)ccc1S(=O)(=O)N1CC(O)(C2CC2)C1. The van der Waals surface area contributed by atoms with Crippen LogP contribution in [-0.2, 0) is 10.0 Å². The molecule has 2 fully saturated rings. The van der Waals surface area contributed by atoms with Gasteiger partial charge in [0, 0.05) is 13.1 Å². The lowest BCUT2D eigenvalue weighted by molar-refractivity contribution is -0.0764. The number of carboxylic acid groups (broad SMARTS) is 1. The fourth-order valence-corrected chi connectivity index (χ4v) is 4.33. The van der Waals surface area contributed by atoms with E-state index in [-0.39, 0.29) is 35.2 Å². The number of aliphatic hydroxyl groups is 1. The smallest absolute Gasteiger partial charge is 0.335 e. The minimum absolute atomic E-state index is 0.0652. The van der Waals surface area contributed by atoms with Crippen molar-refractivity contribution in [2.75, 3.05) is 18.8 Å². The predicted octanol–water partition coefficient (Wildman–Crippen LogP) is 0.112. The predicted molar refractivity (Wildman–Crippen MR) is 74.2 cm³/mol. The van der Waals surface area contributed by atoms with Crippen molar-refractivity contribution in [3.05, 3.63) is 23.8 Å². The summed E-state index contributed by atoms with van der Waals surface area (Å²) in [4.78, 5) is 10.7. The zero-order valence-electron chi connectivity index (χ0n) is 11.2. The van der Waals surface area contributed by atoms with Gasteiger partial charge in [-0.25, -0.2) is 13.2 Å². The maximum Gasteiger partial charge on any atom is 0.335 e. The molecule has 1 aromatic carbocycles. The fraction of sp³-hybridized carbons (Fsp3) is 0.462. The largest absolute Gasteiger partial charge is 0.478 e. The summed E-state index contributed by atoms with van der Waals surface area (Å²) in [6, 6.07) is 3.53. The van der Waals surface area contributed by atoms with Gasteiger partial charge < -0.3 is 15.9 Å². The summed E-state index contributed by atoms with van der Waals surface area (Å²) in [5.41, 5.74) is 4.59. The summed E-state index contributed by atoms with van der Waals surface area (Å²) >= 11 is 0. The topological polar surface area (TPSA) is 121 Å². The van der Waals surface area contributed by atoms with Crippen LogP contribution in [0.3, 0.4) is 0 Å². The van der Waals surface area contributed by atoms with Crippen LogP contribution in [0.25, 0.3) is 0 Å². The van der Waals surface area contributed by atoms with Crippen LogP contribution < -0.4 is 5.73 Å². The minimum atomic E-state index is -3.80. The number of hydrogen-bond donors (Lipinski definition) is 3. The monoisotopic (exact) mass is 312 g/mol. The fourth-order valence-electron chi connectivity index (χ4n) is 2.67. The summed E-state index contributed by atoms with van der Waals surface area (Å²) in [5, 5.41) is 19.1. The number of nitrogen functional groups attached to an aromatic ring is 1. The van der Waals surface area contributed by atoms with Crippen molar-refractivity contribution in [3.8, 4) is 0 Å². The van der Waals surface area contributed by atoms with E-state index in [0.717, 1.165) is 18.9 Å². The molecular formula is C13H16N2O5S. The Kier molecular flexibility index (Phi) is 3.01. The van der Waals surface area contributed by atoms with Crippen molar-refractivity contribution >= 4 is 21.7 Å². The molecule has 1 heterocycles. The first-order valence-electron chi connectivity index (χ1n) is 6.59. The van der Waals surface area contributed by atoms with Crippen molar-refractivity contribution in [2.45, 2.75) is 23.3 Å². The van der Waals surface area contributed by atoms with Gasteiger partial charge in [0.05, 0.1) is 16.9 Å². The molecule has 4 N–H and O–H groups in total. The lowest BCUT2D eigenvalue weighted by atomic mass is 9.91. The van der Waals surface area contributed by atoms with Gasteiger partial charge in [-0.1, -0.05) is 0 Å². The molecule has 1 aliphatic carbocycles. The van der Waals surface area contributed by atoms with Crippen molar-refractivity contribution in [3.63, 3.8) is 0 Å². The van der Waals surface area contributed by atoms with Crippen LogP contribution >= 0.6 is 0 Å². The number of benzene rings is 1. The second kappa shape index (κ2) is 4.43. The van der Waals surface area contributed by atoms with Gasteiger partial charge in [-0.3, -0.25) is 0 Å². The highest BCUT2D eigenvalue weighted by Crippen LogP contribution is 2.46. The molecule has 8 heteroatoms. The van der Waals surface area contributed by atoms with Crippen LogP contribution in [0.5, 0.6) is 0 Å². The van der Waals surface area contributed by atoms with Crippen LogP contribution in [0.1, 0.15) is 23.2 Å². The first kappa shape index (κ1) is 14.3. The molecule has 3 rings (SSSR count). The molecule has 1 saturated heterocycles. The zero-order valence-corrected chi connectivity index (χ0v) is 12.0. The molecule has 0 bridgehead atoms. The Morgan fingerprint density at radius 3 is 2.43 bits per heavy atom. The zero-order chi connectivity index (χ0) is 15.4. The van der Waals surface area contributed by atoms with Gasteiger partial charge in [-0.15, -0.1) is 0 Å². The number of sulfonamides is 1. The molecule has 1 aromatic rings. The van der Waals surface area contributed by atoms with E-state index in [1.165, 1.54) is 16.4 Å². The Labute approximate surface area is 122 Å². The van der Waals surface area contributed by atoms with Gasteiger partial charge in [0.2, 0.25) is 10.0 Å². The second-order valence-corrected chi connectivity index (χ2v) is 7.62. The van der Waals surface area contributed by atoms with Crippen molar-refractivity contribution in [1.29, 1.82) is 0 Å². The number of carboxylic acids is 1. The number of aromatic carboxylic acids is 1. The van der Waals surface area contributed by atoms with Gasteiger partial charge in [0.25, 0.3) is 0 Å². The number of nitrogens with two attached hydrogens (primary N) is 1. The van der Waals surface area contributed by atoms with E-state index in [0.29, 0.717) is 0 Å². The summed E-state index contributed by atoms with van der Waals surface area (Å²) < 4.78 is 26.0. The first-order valence-corrected chi connectivity index (χ1v) is 8.03. The number of hydrogen-bond acceptors (Lipinski definition) is 5. The highest BCUT2D eigenvalue weighted by atomic mass is 32.2. The number of rotatable bonds is 4. The summed E-state index contributed by atoms with van der Waals surface area (Å²) in [7, 11) is -3.80. The second-order valence-electron chi connectivity index (χ2n) is 5.71. The summed E-state index contributed by atoms with van der Waals surface area (Å²) in [6.45, 7) is 0.139. The Bertz CT molecular complexity index is 705. The molecule has 0 atom stereocenters. The molecule has 114 valence electrons. The van der Waals surface area contributed by atoms with E-state index in [2.05, 4.69) is 0 Å². The third-order valence-electron chi connectivity index (χ3n) is 4.11. The van der Waals surface area contributed by atoms with Crippen LogP contribution in [-0.4, -0.2) is 47.6 Å². The van der Waals surface area contributed by atoms with Crippen molar-refractivity contribution in [2.24, 2.45) is 5.92 Å². The van der Waals surface area contributed by atoms with E-state index < -0.39 is 21.6 Å². The molecular weight excluding hydrogens is 296 g/mol. The highest BCUT2D eigenvalue weighted by Gasteiger charge is 2.55. The van der Waals surface area contributed by atoms with Gasteiger partial charge in [0.1, 0.15) is 4.90 Å². The van der Waals surface area contributed by atoms with E-state index in [1.807, 2.05) is 0 Å². The van der Waals surface area contributed by atoms with Crippen LogP contribution in [0.15, 0.2) is 23.1 Å². The lowest BCUT2D eigenvalue weighted by Gasteiger charge is -2.45. The van der Waals surface area contributed by atoms with Gasteiger partial charge in [0.15, 0.2) is 0 Å². The first-order chi connectivity index (χ1) is 9.74. The van der Waals surface area contributed by atoms with E-state index >= 15 is 0 Å². The molecule has 2 aliphatic rings. The molecule has 0 amide bonds. The summed E-state index contributed by atoms with van der Waals surface area (Å²) in [5.74, 6) is -0.978. The third-order valence-corrected chi connectivity index (χ3v) is 5.98. The van der Waals surface area contributed by atoms with E-state index in [4.69, 9.17) is 10.8 Å². The standard InChI is InChI=1S/C13H16N2O5S/c14-10-5-8(12(16)17)1-4-11(10)21(19,20)15-6-13(18,7-15)9-2-3-9/h1,4-5,9,18H,2-3,6-7,14H2,(H,16,17). The van der Waals surface area contributed by atoms with Gasteiger partial charge in [-0.2, -0.15) is 4.31 Å². The molecule has 21 heavy (non-hydrogen) atoms. The molecule has 0 radical (unpaired) electrons. The number of nitrogens with zero attached hydrogens (tertiary/aromatic N) is 1. The third kappa shape index (κ3) is 2.29. The Balaban J connectivity index is 1.84. The van der Waals surface area contributed by atoms with E-state index in [9.17, 15) is 18.3 Å². The van der Waals surface area contributed by atoms with Crippen molar-refractivity contribution in [1.82, 2.24) is 4.31 Å². The molecule has 1 saturated carbocycles. The number of carbonyl (C=O) groups is 1. The van der Waals surface area contributed by atoms with Crippen LogP contribution in [0, 0.1) is 5.92 Å². The minimum Gasteiger partial charge on any atom is -0.478 e. The quantitative estimate of drug-likeness (QED) is 0.679. The van der Waals surface area contributed by atoms with E-state index in [1.54, 1.807) is 0 Å². The van der Waals surface area contributed by atoms with Crippen LogP contribution in [0.2, 0.25) is 0 Å². The molecule has 7 nitrogen and oxygen atoms in total. The van der Waals surface area contributed by atoms with Crippen LogP contribution in [0.4, 0.5) is 5.69 Å². The average Bonchev–Trinajstić information content (AvgIpc) is 3.18. The molecule has 1 aliphatic heterocycles. The maximum atomic E-state index is 12.4. The lowest BCUT2D eigenvalue weighted by Crippen LogP contribution is -2.64. The Morgan fingerprint density at radius 1 is 1.33 bits per heavy atom. The van der Waals surface area contributed by atoms with Gasteiger partial charge in [-0.05, 0) is 37.0 Å². The highest BCUT2D eigenvalue weighted by molar-refractivity contribution is 7.89. The molecule has 0 unspecified atom stereocenters. The summed E-state index contributed by atoms with van der Waals surface area (Å²) in [6.07, 6.45) is 1.86. The van der Waals surface area contributed by atoms with Gasteiger partial charge >= 0.3 is 5.97 Å². The van der Waals surface area contributed by atoms with Crippen molar-refractivity contribution < 1.29 is 23.4 Å². The Hall–Kier alpha value is -1.64. The maximum absolute atomic E-state index is 12.4. The normalized spacial score (nSPS) is 21.8. The Morgan fingerprint density at radius 2 is 1.95 bits per heavy atom. The average molecular weight is 312 g/mol. The number of anilines is 1. The number of β-amino-alcohol motifs (C(OH)–C–C–N with tert-alkyl or cyclic N) is 1.